The molecule has 0 amide bonds. The minimum absolute atomic E-state index is 0.644. The third kappa shape index (κ3) is 2.91. The van der Waals surface area contributed by atoms with Crippen LogP contribution in [-0.4, -0.2) is 35.0 Å². The van der Waals surface area contributed by atoms with Gasteiger partial charge in [0, 0.05) is 12.1 Å². The Labute approximate surface area is 130 Å². The van der Waals surface area contributed by atoms with Crippen LogP contribution >= 0.6 is 23.4 Å². The first-order chi connectivity index (χ1) is 10.1. The van der Waals surface area contributed by atoms with Gasteiger partial charge >= 0.3 is 0 Å². The van der Waals surface area contributed by atoms with Crippen molar-refractivity contribution in [2.24, 2.45) is 7.05 Å². The summed E-state index contributed by atoms with van der Waals surface area (Å²) in [5.41, 5.74) is 0.862. The van der Waals surface area contributed by atoms with Gasteiger partial charge in [-0.3, -0.25) is 0 Å². The first kappa shape index (κ1) is 14.0. The number of tetrazole rings is 1. The molecule has 0 fully saturated rings. The van der Waals surface area contributed by atoms with E-state index in [1.807, 2.05) is 30.7 Å². The highest BCUT2D eigenvalue weighted by Gasteiger charge is 2.12. The van der Waals surface area contributed by atoms with Crippen LogP contribution < -0.4 is 0 Å². The molecule has 0 atom stereocenters. The highest BCUT2D eigenvalue weighted by Crippen LogP contribution is 2.22. The second-order valence-electron chi connectivity index (χ2n) is 4.36. The van der Waals surface area contributed by atoms with Crippen molar-refractivity contribution in [1.82, 2.24) is 35.0 Å². The highest BCUT2D eigenvalue weighted by molar-refractivity contribution is 7.98. The molecule has 0 spiro atoms. The minimum atomic E-state index is 0.644. The highest BCUT2D eigenvalue weighted by atomic mass is 35.5. The molecule has 0 N–H and O–H groups in total. The molecule has 108 valence electrons. The number of hydrogen-bond acceptors (Lipinski definition) is 6. The molecule has 0 saturated heterocycles. The van der Waals surface area contributed by atoms with E-state index in [0.29, 0.717) is 15.9 Å². The predicted octanol–water partition coefficient (Wildman–Crippen LogP) is 2.04. The number of hydrogen-bond donors (Lipinski definition) is 0. The summed E-state index contributed by atoms with van der Waals surface area (Å²) >= 11 is 7.39. The van der Waals surface area contributed by atoms with E-state index in [1.165, 1.54) is 11.8 Å². The number of rotatable bonds is 4. The SMILES string of the molecule is Cc1nnc(CSc2nnnn2-c2ccc(Cl)cc2)n1C. The Hall–Kier alpha value is -1.93. The third-order valence-electron chi connectivity index (χ3n) is 3.03. The van der Waals surface area contributed by atoms with Gasteiger partial charge in [0.1, 0.15) is 11.6 Å². The molecule has 2 heterocycles. The van der Waals surface area contributed by atoms with Gasteiger partial charge in [-0.2, -0.15) is 4.68 Å². The van der Waals surface area contributed by atoms with E-state index < -0.39 is 0 Å². The topological polar surface area (TPSA) is 74.3 Å². The lowest BCUT2D eigenvalue weighted by Crippen LogP contribution is -2.01. The van der Waals surface area contributed by atoms with E-state index >= 15 is 0 Å². The van der Waals surface area contributed by atoms with Gasteiger partial charge in [0.15, 0.2) is 0 Å². The summed E-state index contributed by atoms with van der Waals surface area (Å²) in [4.78, 5) is 0. The predicted molar refractivity (Wildman–Crippen MR) is 79.5 cm³/mol. The van der Waals surface area contributed by atoms with Crippen molar-refractivity contribution in [3.8, 4) is 5.69 Å². The van der Waals surface area contributed by atoms with Crippen LogP contribution in [-0.2, 0) is 12.8 Å². The molecule has 2 aromatic heterocycles. The van der Waals surface area contributed by atoms with Crippen molar-refractivity contribution in [2.45, 2.75) is 17.8 Å². The van der Waals surface area contributed by atoms with Gasteiger partial charge in [-0.25, -0.2) is 0 Å². The average molecular weight is 322 g/mol. The molecular formula is C12H12ClN7S. The van der Waals surface area contributed by atoms with E-state index in [2.05, 4.69) is 25.7 Å². The van der Waals surface area contributed by atoms with Gasteiger partial charge in [-0.15, -0.1) is 15.3 Å². The fourth-order valence-electron chi connectivity index (χ4n) is 1.72. The first-order valence-electron chi connectivity index (χ1n) is 6.17. The lowest BCUT2D eigenvalue weighted by molar-refractivity contribution is 0.755. The molecule has 0 unspecified atom stereocenters. The summed E-state index contributed by atoms with van der Waals surface area (Å²) in [6.07, 6.45) is 0. The van der Waals surface area contributed by atoms with Crippen LogP contribution in [0.5, 0.6) is 0 Å². The first-order valence-corrected chi connectivity index (χ1v) is 7.53. The van der Waals surface area contributed by atoms with Gasteiger partial charge < -0.3 is 4.57 Å². The molecule has 7 nitrogen and oxygen atoms in total. The van der Waals surface area contributed by atoms with Crippen LogP contribution in [0.3, 0.4) is 0 Å². The second-order valence-corrected chi connectivity index (χ2v) is 5.74. The molecule has 21 heavy (non-hydrogen) atoms. The molecule has 0 radical (unpaired) electrons. The fraction of sp³-hybridized carbons (Fsp3) is 0.250. The van der Waals surface area contributed by atoms with Crippen molar-refractivity contribution >= 4 is 23.4 Å². The smallest absolute Gasteiger partial charge is 0.214 e. The van der Waals surface area contributed by atoms with Gasteiger partial charge in [0.05, 0.1) is 11.4 Å². The fourth-order valence-corrected chi connectivity index (χ4v) is 2.71. The van der Waals surface area contributed by atoms with Gasteiger partial charge in [-0.05, 0) is 41.6 Å². The monoisotopic (exact) mass is 321 g/mol. The molecule has 0 aliphatic heterocycles. The number of thioether (sulfide) groups is 1. The Balaban J connectivity index is 1.80. The Kier molecular flexibility index (Phi) is 3.89. The summed E-state index contributed by atoms with van der Waals surface area (Å²) < 4.78 is 3.62. The number of aromatic nitrogens is 7. The Morgan fingerprint density at radius 3 is 2.57 bits per heavy atom. The van der Waals surface area contributed by atoms with Crippen LogP contribution in [0.1, 0.15) is 11.6 Å². The van der Waals surface area contributed by atoms with E-state index in [1.54, 1.807) is 16.8 Å². The Morgan fingerprint density at radius 2 is 1.90 bits per heavy atom. The van der Waals surface area contributed by atoms with Gasteiger partial charge in [-0.1, -0.05) is 23.4 Å². The molecule has 0 aliphatic rings. The third-order valence-corrected chi connectivity index (χ3v) is 4.19. The number of aryl methyl sites for hydroxylation is 1. The number of nitrogens with zero attached hydrogens (tertiary/aromatic N) is 7. The maximum absolute atomic E-state index is 5.89. The zero-order chi connectivity index (χ0) is 14.8. The summed E-state index contributed by atoms with van der Waals surface area (Å²) in [7, 11) is 1.94. The molecule has 9 heteroatoms. The lowest BCUT2D eigenvalue weighted by Gasteiger charge is -2.04. The lowest BCUT2D eigenvalue weighted by atomic mass is 10.3. The maximum atomic E-state index is 5.89. The van der Waals surface area contributed by atoms with Gasteiger partial charge in [0.2, 0.25) is 5.16 Å². The van der Waals surface area contributed by atoms with E-state index in [0.717, 1.165) is 17.3 Å². The summed E-state index contributed by atoms with van der Waals surface area (Å²) in [5.74, 6) is 2.40. The average Bonchev–Trinajstić information content (AvgIpc) is 3.07. The standard InChI is InChI=1S/C12H12ClN7S/c1-8-14-15-11(19(8)2)7-21-12-16-17-18-20(12)10-5-3-9(13)4-6-10/h3-6H,7H2,1-2H3. The maximum Gasteiger partial charge on any atom is 0.214 e. The molecule has 3 aromatic rings. The van der Waals surface area contributed by atoms with Gasteiger partial charge in [0.25, 0.3) is 0 Å². The summed E-state index contributed by atoms with van der Waals surface area (Å²) in [6, 6.07) is 7.35. The Bertz CT molecular complexity index is 749. The van der Waals surface area contributed by atoms with E-state index in [9.17, 15) is 0 Å². The molecule has 0 bridgehead atoms. The molecule has 0 aliphatic carbocycles. The molecular weight excluding hydrogens is 310 g/mol. The largest absolute Gasteiger partial charge is 0.318 e. The van der Waals surface area contributed by atoms with Crippen molar-refractivity contribution < 1.29 is 0 Å². The van der Waals surface area contributed by atoms with E-state index in [-0.39, 0.29) is 0 Å². The molecule has 1 aromatic carbocycles. The van der Waals surface area contributed by atoms with Crippen LogP contribution in [0.2, 0.25) is 5.02 Å². The number of benzene rings is 1. The van der Waals surface area contributed by atoms with Crippen LogP contribution in [0, 0.1) is 6.92 Å². The molecule has 3 rings (SSSR count). The van der Waals surface area contributed by atoms with Crippen LogP contribution in [0.4, 0.5) is 0 Å². The zero-order valence-corrected chi connectivity index (χ0v) is 13.0. The van der Waals surface area contributed by atoms with Crippen LogP contribution in [0.25, 0.3) is 5.69 Å². The van der Waals surface area contributed by atoms with Crippen LogP contribution in [0.15, 0.2) is 29.4 Å². The normalized spacial score (nSPS) is 11.0. The van der Waals surface area contributed by atoms with Crippen molar-refractivity contribution in [3.05, 3.63) is 40.9 Å². The molecule has 0 saturated carbocycles. The van der Waals surface area contributed by atoms with Crippen molar-refractivity contribution in [2.75, 3.05) is 0 Å². The minimum Gasteiger partial charge on any atom is -0.318 e. The summed E-state index contributed by atoms with van der Waals surface area (Å²) in [6.45, 7) is 1.92. The summed E-state index contributed by atoms with van der Waals surface area (Å²) in [5, 5.41) is 21.3. The van der Waals surface area contributed by atoms with E-state index in [4.69, 9.17) is 11.6 Å². The van der Waals surface area contributed by atoms with Crippen molar-refractivity contribution in [1.29, 1.82) is 0 Å². The number of halogens is 1. The second kappa shape index (κ2) is 5.82. The van der Waals surface area contributed by atoms with Crippen molar-refractivity contribution in [3.63, 3.8) is 0 Å². The quantitative estimate of drug-likeness (QED) is 0.685. The Morgan fingerprint density at radius 1 is 1.14 bits per heavy atom. The zero-order valence-electron chi connectivity index (χ0n) is 11.4.